The molecule has 0 bridgehead atoms. The van der Waals surface area contributed by atoms with Gasteiger partial charge in [-0.2, -0.15) is 13.2 Å². The van der Waals surface area contributed by atoms with Crippen LogP contribution in [-0.2, 0) is 6.18 Å². The van der Waals surface area contributed by atoms with Crippen molar-refractivity contribution in [2.24, 2.45) is 0 Å². The molecule has 0 amide bonds. The zero-order valence-corrected chi connectivity index (χ0v) is 15.0. The molecule has 138 valence electrons. The van der Waals surface area contributed by atoms with Crippen LogP contribution in [-0.4, -0.2) is 31.6 Å². The number of aryl methyl sites for hydroxylation is 1. The summed E-state index contributed by atoms with van der Waals surface area (Å²) in [4.78, 5) is 17.0. The smallest absolute Gasteiger partial charge is 0.417 e. The molecule has 10 heteroatoms. The highest BCUT2D eigenvalue weighted by molar-refractivity contribution is 7.09. The zero-order valence-electron chi connectivity index (χ0n) is 14.2. The highest BCUT2D eigenvalue weighted by Crippen LogP contribution is 2.33. The number of halogens is 3. The van der Waals surface area contributed by atoms with Gasteiger partial charge in [0.2, 0.25) is 5.88 Å². The van der Waals surface area contributed by atoms with Crippen LogP contribution in [0.1, 0.15) is 10.6 Å². The van der Waals surface area contributed by atoms with Crippen molar-refractivity contribution in [2.75, 3.05) is 7.11 Å². The molecule has 0 saturated heterocycles. The average molecular weight is 391 g/mol. The molecule has 0 aromatic carbocycles. The van der Waals surface area contributed by atoms with E-state index in [1.54, 1.807) is 28.3 Å². The summed E-state index contributed by atoms with van der Waals surface area (Å²) < 4.78 is 45.8. The van der Waals surface area contributed by atoms with Crippen LogP contribution in [0.2, 0.25) is 0 Å². The van der Waals surface area contributed by atoms with Crippen LogP contribution in [0.4, 0.5) is 13.2 Å². The van der Waals surface area contributed by atoms with Crippen molar-refractivity contribution in [1.82, 2.24) is 24.5 Å². The second-order valence-corrected chi connectivity index (χ2v) is 6.71. The second kappa shape index (κ2) is 6.31. The Morgan fingerprint density at radius 1 is 1.11 bits per heavy atom. The first-order chi connectivity index (χ1) is 12.9. The van der Waals surface area contributed by atoms with Crippen molar-refractivity contribution >= 4 is 22.5 Å². The molecule has 0 aliphatic carbocycles. The molecule has 0 N–H and O–H groups in total. The van der Waals surface area contributed by atoms with E-state index in [2.05, 4.69) is 19.9 Å². The second-order valence-electron chi connectivity index (χ2n) is 5.65. The van der Waals surface area contributed by atoms with Gasteiger partial charge in [-0.25, -0.2) is 19.9 Å². The molecule has 0 saturated carbocycles. The van der Waals surface area contributed by atoms with Crippen molar-refractivity contribution in [1.29, 1.82) is 0 Å². The summed E-state index contributed by atoms with van der Waals surface area (Å²) >= 11 is 1.43. The van der Waals surface area contributed by atoms with E-state index < -0.39 is 11.7 Å². The van der Waals surface area contributed by atoms with E-state index in [-0.39, 0.29) is 11.2 Å². The fourth-order valence-electron chi connectivity index (χ4n) is 2.63. The quantitative estimate of drug-likeness (QED) is 0.522. The van der Waals surface area contributed by atoms with Gasteiger partial charge in [0.25, 0.3) is 0 Å². The van der Waals surface area contributed by atoms with Crippen LogP contribution in [0.25, 0.3) is 28.4 Å². The van der Waals surface area contributed by atoms with Crippen molar-refractivity contribution in [3.63, 3.8) is 0 Å². The number of nitrogens with zero attached hydrogens (tertiary/aromatic N) is 5. The third kappa shape index (κ3) is 3.12. The number of ether oxygens (including phenoxy) is 1. The van der Waals surface area contributed by atoms with Crippen molar-refractivity contribution in [3.8, 4) is 23.1 Å². The lowest BCUT2D eigenvalue weighted by Gasteiger charge is -2.08. The summed E-state index contributed by atoms with van der Waals surface area (Å²) in [6, 6.07) is 4.37. The Balaban J connectivity index is 1.98. The molecular formula is C17H12F3N5OS. The Morgan fingerprint density at radius 3 is 2.52 bits per heavy atom. The molecule has 0 unspecified atom stereocenters. The van der Waals surface area contributed by atoms with Gasteiger partial charge in [0, 0.05) is 17.6 Å². The molecule has 0 spiro atoms. The molecule has 4 heterocycles. The van der Waals surface area contributed by atoms with Crippen molar-refractivity contribution in [3.05, 3.63) is 46.5 Å². The summed E-state index contributed by atoms with van der Waals surface area (Å²) in [7, 11) is 1.50. The third-order valence-corrected chi connectivity index (χ3v) is 4.63. The largest absolute Gasteiger partial charge is 0.481 e. The van der Waals surface area contributed by atoms with E-state index in [0.717, 1.165) is 17.3 Å². The zero-order chi connectivity index (χ0) is 19.2. The monoisotopic (exact) mass is 391 g/mol. The lowest BCUT2D eigenvalue weighted by atomic mass is 10.2. The maximum atomic E-state index is 13.0. The van der Waals surface area contributed by atoms with Crippen LogP contribution in [0.3, 0.4) is 0 Å². The van der Waals surface area contributed by atoms with Crippen LogP contribution >= 0.6 is 11.3 Å². The number of methoxy groups -OCH3 is 1. The molecule has 0 aliphatic heterocycles. The van der Waals surface area contributed by atoms with Gasteiger partial charge in [-0.3, -0.25) is 4.57 Å². The van der Waals surface area contributed by atoms with E-state index in [1.807, 2.05) is 6.92 Å². The average Bonchev–Trinajstić information content (AvgIpc) is 3.23. The number of alkyl halides is 3. The molecule has 4 aromatic heterocycles. The first-order valence-corrected chi connectivity index (χ1v) is 8.63. The Morgan fingerprint density at radius 2 is 1.93 bits per heavy atom. The summed E-state index contributed by atoms with van der Waals surface area (Å²) in [5.74, 6) is 0.815. The molecule has 6 nitrogen and oxygen atoms in total. The van der Waals surface area contributed by atoms with Gasteiger partial charge in [-0.15, -0.1) is 11.3 Å². The summed E-state index contributed by atoms with van der Waals surface area (Å²) in [5.41, 5.74) is 0.705. The number of rotatable bonds is 3. The minimum absolute atomic E-state index is 0.126. The van der Waals surface area contributed by atoms with Gasteiger partial charge >= 0.3 is 6.18 Å². The van der Waals surface area contributed by atoms with Crippen LogP contribution in [0.15, 0.2) is 36.0 Å². The van der Waals surface area contributed by atoms with Crippen molar-refractivity contribution < 1.29 is 17.9 Å². The topological polar surface area (TPSA) is 65.7 Å². The minimum atomic E-state index is -4.50. The van der Waals surface area contributed by atoms with Crippen molar-refractivity contribution in [2.45, 2.75) is 13.1 Å². The Kier molecular flexibility index (Phi) is 4.06. The van der Waals surface area contributed by atoms with Gasteiger partial charge in [-0.05, 0) is 19.1 Å². The normalized spacial score (nSPS) is 11.9. The van der Waals surface area contributed by atoms with Gasteiger partial charge in [0.1, 0.15) is 11.2 Å². The predicted octanol–water partition coefficient (Wildman–Crippen LogP) is 4.27. The predicted molar refractivity (Wildman–Crippen MR) is 94.1 cm³/mol. The van der Waals surface area contributed by atoms with Gasteiger partial charge < -0.3 is 4.74 Å². The molecule has 4 rings (SSSR count). The Hall–Kier alpha value is -3.01. The summed E-state index contributed by atoms with van der Waals surface area (Å²) in [6.07, 6.45) is -2.15. The van der Waals surface area contributed by atoms with E-state index in [0.29, 0.717) is 23.1 Å². The Bertz CT molecular complexity index is 1120. The molecule has 4 aromatic rings. The highest BCUT2D eigenvalue weighted by atomic mass is 32.1. The molecule has 0 fully saturated rings. The number of thiazole rings is 1. The first kappa shape index (κ1) is 17.4. The number of imidazole rings is 1. The SMILES string of the molecule is COc1ccc(-n2c(-c3csc(C)n3)nc3cc(C(F)(F)F)cnc32)cn1. The van der Waals surface area contributed by atoms with Crippen LogP contribution in [0.5, 0.6) is 5.88 Å². The molecular weight excluding hydrogens is 379 g/mol. The van der Waals surface area contributed by atoms with Crippen LogP contribution < -0.4 is 4.74 Å². The van der Waals surface area contributed by atoms with E-state index >= 15 is 0 Å². The maximum absolute atomic E-state index is 13.0. The summed E-state index contributed by atoms with van der Waals surface area (Å²) in [5, 5.41) is 2.62. The molecule has 0 atom stereocenters. The summed E-state index contributed by atoms with van der Waals surface area (Å²) in [6.45, 7) is 1.84. The van der Waals surface area contributed by atoms with E-state index in [4.69, 9.17) is 4.74 Å². The standard InChI is InChI=1S/C17H12F3N5OS/c1-9-23-13(8-27-9)16-24-12-5-10(17(18,19)20)6-22-15(12)25(16)11-3-4-14(26-2)21-7-11/h3-8H,1-2H3. The van der Waals surface area contributed by atoms with Crippen LogP contribution in [0, 0.1) is 6.92 Å². The molecule has 0 aliphatic rings. The molecule has 27 heavy (non-hydrogen) atoms. The van der Waals surface area contributed by atoms with Gasteiger partial charge in [-0.1, -0.05) is 0 Å². The number of fused-ring (bicyclic) bond motifs is 1. The minimum Gasteiger partial charge on any atom is -0.481 e. The van der Waals surface area contributed by atoms with Gasteiger partial charge in [0.15, 0.2) is 11.5 Å². The van der Waals surface area contributed by atoms with E-state index in [1.165, 1.54) is 18.4 Å². The number of pyridine rings is 2. The Labute approximate surface area is 155 Å². The fraction of sp³-hybridized carbons (Fsp3) is 0.176. The lowest BCUT2D eigenvalue weighted by Crippen LogP contribution is -2.06. The highest BCUT2D eigenvalue weighted by Gasteiger charge is 2.32. The molecule has 0 radical (unpaired) electrons. The number of hydrogen-bond acceptors (Lipinski definition) is 6. The number of hydrogen-bond donors (Lipinski definition) is 0. The first-order valence-electron chi connectivity index (χ1n) is 7.75. The fourth-order valence-corrected chi connectivity index (χ4v) is 3.22. The van der Waals surface area contributed by atoms with Gasteiger partial charge in [0.05, 0.1) is 29.6 Å². The third-order valence-electron chi connectivity index (χ3n) is 3.86. The lowest BCUT2D eigenvalue weighted by molar-refractivity contribution is -0.137. The number of aromatic nitrogens is 5. The maximum Gasteiger partial charge on any atom is 0.417 e. The van der Waals surface area contributed by atoms with E-state index in [9.17, 15) is 13.2 Å².